The lowest BCUT2D eigenvalue weighted by molar-refractivity contribution is -0.119. The first kappa shape index (κ1) is 17.6. The van der Waals surface area contributed by atoms with Crippen molar-refractivity contribution in [3.63, 3.8) is 0 Å². The minimum atomic E-state index is -0.115. The lowest BCUT2D eigenvalue weighted by Gasteiger charge is -2.09. The van der Waals surface area contributed by atoms with Crippen LogP contribution in [0.1, 0.15) is 23.2 Å². The van der Waals surface area contributed by atoms with E-state index in [0.717, 1.165) is 22.2 Å². The van der Waals surface area contributed by atoms with Gasteiger partial charge in [0.1, 0.15) is 16.5 Å². The minimum Gasteiger partial charge on any atom is -0.360 e. The summed E-state index contributed by atoms with van der Waals surface area (Å²) in [6, 6.07) is 9.55. The number of rotatable bonds is 6. The second kappa shape index (κ2) is 7.80. The van der Waals surface area contributed by atoms with Crippen molar-refractivity contribution in [3.05, 3.63) is 51.6 Å². The summed E-state index contributed by atoms with van der Waals surface area (Å²) in [5.41, 5.74) is 0.892. The normalized spacial score (nSPS) is 10.8. The zero-order valence-electron chi connectivity index (χ0n) is 14.1. The van der Waals surface area contributed by atoms with Crippen LogP contribution in [0.2, 0.25) is 5.02 Å². The fourth-order valence-corrected chi connectivity index (χ4v) is 3.66. The zero-order valence-corrected chi connectivity index (χ0v) is 15.7. The zero-order chi connectivity index (χ0) is 17.8. The average Bonchev–Trinajstić information content (AvgIpc) is 3.02. The molecule has 5 nitrogen and oxygen atoms in total. The van der Waals surface area contributed by atoms with Crippen LogP contribution in [0.25, 0.3) is 10.2 Å². The number of halogens is 1. The highest BCUT2D eigenvalue weighted by atomic mass is 35.5. The Hall–Kier alpha value is -2.18. The predicted octanol–water partition coefficient (Wildman–Crippen LogP) is 3.94. The van der Waals surface area contributed by atoms with E-state index in [1.54, 1.807) is 11.3 Å². The Morgan fingerprint density at radius 3 is 2.84 bits per heavy atom. The Morgan fingerprint density at radius 1 is 1.28 bits per heavy atom. The van der Waals surface area contributed by atoms with Gasteiger partial charge in [-0.25, -0.2) is 9.97 Å². The molecule has 0 unspecified atom stereocenters. The van der Waals surface area contributed by atoms with Gasteiger partial charge in [0.05, 0.1) is 11.9 Å². The number of carbonyl (C=O) groups is 1. The summed E-state index contributed by atoms with van der Waals surface area (Å²) in [6.07, 6.45) is 0.956. The highest BCUT2D eigenvalue weighted by Gasteiger charge is 2.11. The number of nitrogens with zero attached hydrogens (tertiary/aromatic N) is 2. The molecule has 25 heavy (non-hydrogen) atoms. The van der Waals surface area contributed by atoms with E-state index in [4.69, 9.17) is 11.6 Å². The van der Waals surface area contributed by atoms with Crippen molar-refractivity contribution in [2.45, 2.75) is 26.8 Å². The third-order valence-corrected chi connectivity index (χ3v) is 5.30. The lowest BCUT2D eigenvalue weighted by atomic mass is 10.2. The molecule has 1 amide bonds. The molecule has 0 saturated carbocycles. The molecule has 0 bridgehead atoms. The number of fused-ring (bicyclic) bond motifs is 1. The van der Waals surface area contributed by atoms with Crippen LogP contribution in [-0.2, 0) is 17.8 Å². The topological polar surface area (TPSA) is 66.9 Å². The quantitative estimate of drug-likeness (QED) is 0.685. The largest absolute Gasteiger partial charge is 0.360 e. The summed E-state index contributed by atoms with van der Waals surface area (Å²) >= 11 is 7.76. The Bertz CT molecular complexity index is 909. The number of benzene rings is 1. The molecule has 7 heteroatoms. The van der Waals surface area contributed by atoms with E-state index < -0.39 is 0 Å². The fourth-order valence-electron chi connectivity index (χ4n) is 2.45. The highest BCUT2D eigenvalue weighted by molar-refractivity contribution is 7.18. The van der Waals surface area contributed by atoms with Crippen LogP contribution in [0, 0.1) is 6.92 Å². The third kappa shape index (κ3) is 4.27. The van der Waals surface area contributed by atoms with E-state index in [0.29, 0.717) is 23.2 Å². The number of hydrogen-bond acceptors (Lipinski definition) is 5. The number of carbonyl (C=O) groups excluding carboxylic acids is 1. The van der Waals surface area contributed by atoms with Gasteiger partial charge in [0.2, 0.25) is 5.91 Å². The summed E-state index contributed by atoms with van der Waals surface area (Å²) in [5.74, 6) is 1.28. The summed E-state index contributed by atoms with van der Waals surface area (Å²) < 4.78 is 0. The van der Waals surface area contributed by atoms with Crippen LogP contribution in [0.15, 0.2) is 30.3 Å². The summed E-state index contributed by atoms with van der Waals surface area (Å²) in [5, 5.41) is 7.60. The molecule has 0 saturated heterocycles. The molecular formula is C18H19ClN4OS. The Morgan fingerprint density at radius 2 is 2.08 bits per heavy atom. The van der Waals surface area contributed by atoms with E-state index in [-0.39, 0.29) is 12.5 Å². The van der Waals surface area contributed by atoms with Crippen molar-refractivity contribution in [2.75, 3.05) is 11.9 Å². The molecule has 0 radical (unpaired) electrons. The van der Waals surface area contributed by atoms with Crippen molar-refractivity contribution in [3.8, 4) is 0 Å². The van der Waals surface area contributed by atoms with Gasteiger partial charge in [-0.3, -0.25) is 4.79 Å². The average molecular weight is 375 g/mol. The first-order chi connectivity index (χ1) is 12.1. The minimum absolute atomic E-state index is 0.115. The smallest absolute Gasteiger partial charge is 0.239 e. The number of aryl methyl sites for hydroxylation is 2. The van der Waals surface area contributed by atoms with Crippen LogP contribution >= 0.6 is 22.9 Å². The molecular weight excluding hydrogens is 356 g/mol. The van der Waals surface area contributed by atoms with Gasteiger partial charge in [-0.1, -0.05) is 36.7 Å². The third-order valence-electron chi connectivity index (χ3n) is 3.75. The van der Waals surface area contributed by atoms with Crippen molar-refractivity contribution < 1.29 is 4.79 Å². The second-order valence-electron chi connectivity index (χ2n) is 5.63. The van der Waals surface area contributed by atoms with Gasteiger partial charge in [0.15, 0.2) is 0 Å². The van der Waals surface area contributed by atoms with Crippen LogP contribution in [0.4, 0.5) is 5.82 Å². The lowest BCUT2D eigenvalue weighted by Crippen LogP contribution is -2.29. The van der Waals surface area contributed by atoms with Gasteiger partial charge < -0.3 is 10.6 Å². The van der Waals surface area contributed by atoms with Gasteiger partial charge in [0.25, 0.3) is 0 Å². The number of nitrogens with one attached hydrogen (secondary N) is 2. The van der Waals surface area contributed by atoms with Crippen LogP contribution in [0.3, 0.4) is 0 Å². The Labute approximate surface area is 155 Å². The molecule has 0 spiro atoms. The number of aromatic nitrogens is 2. The van der Waals surface area contributed by atoms with Gasteiger partial charge in [-0.05, 0) is 31.0 Å². The number of amides is 1. The maximum atomic E-state index is 12.1. The van der Waals surface area contributed by atoms with Crippen molar-refractivity contribution in [1.29, 1.82) is 0 Å². The molecule has 0 atom stereocenters. The van der Waals surface area contributed by atoms with Crippen LogP contribution < -0.4 is 10.6 Å². The summed E-state index contributed by atoms with van der Waals surface area (Å²) in [4.78, 5) is 23.2. The standard InChI is InChI=1S/C18H19ClN4OS/c1-3-13-8-14-17(22-11(2)23-18(14)25-13)21-10-16(24)20-9-12-6-4-5-7-15(12)19/h4-8H,3,9-10H2,1-2H3,(H,20,24)(H,21,22,23). The summed E-state index contributed by atoms with van der Waals surface area (Å²) in [7, 11) is 0. The van der Waals surface area contributed by atoms with Crippen LogP contribution in [-0.4, -0.2) is 22.4 Å². The predicted molar refractivity (Wildman–Crippen MR) is 103 cm³/mol. The fraction of sp³-hybridized carbons (Fsp3) is 0.278. The van der Waals surface area contributed by atoms with E-state index >= 15 is 0 Å². The first-order valence-electron chi connectivity index (χ1n) is 8.08. The maximum Gasteiger partial charge on any atom is 0.239 e. The van der Waals surface area contributed by atoms with E-state index in [1.807, 2.05) is 31.2 Å². The number of anilines is 1. The van der Waals surface area contributed by atoms with E-state index in [1.165, 1.54) is 4.88 Å². The Kier molecular flexibility index (Phi) is 5.50. The molecule has 0 aliphatic heterocycles. The van der Waals surface area contributed by atoms with E-state index in [2.05, 4.69) is 33.6 Å². The molecule has 130 valence electrons. The van der Waals surface area contributed by atoms with Gasteiger partial charge in [-0.15, -0.1) is 11.3 Å². The molecule has 2 N–H and O–H groups in total. The SMILES string of the molecule is CCc1cc2c(NCC(=O)NCc3ccccc3Cl)nc(C)nc2s1. The molecule has 0 aliphatic rings. The molecule has 2 heterocycles. The molecule has 3 aromatic rings. The van der Waals surface area contributed by atoms with Crippen molar-refractivity contribution in [2.24, 2.45) is 0 Å². The van der Waals surface area contributed by atoms with E-state index in [9.17, 15) is 4.79 Å². The monoisotopic (exact) mass is 374 g/mol. The Balaban J connectivity index is 1.65. The molecule has 1 aromatic carbocycles. The molecule has 0 fully saturated rings. The first-order valence-corrected chi connectivity index (χ1v) is 9.27. The van der Waals surface area contributed by atoms with Gasteiger partial charge in [-0.2, -0.15) is 0 Å². The van der Waals surface area contributed by atoms with Crippen LogP contribution in [0.5, 0.6) is 0 Å². The highest BCUT2D eigenvalue weighted by Crippen LogP contribution is 2.29. The van der Waals surface area contributed by atoms with Crippen molar-refractivity contribution >= 4 is 44.9 Å². The van der Waals surface area contributed by atoms with Gasteiger partial charge in [0, 0.05) is 16.4 Å². The molecule has 2 aromatic heterocycles. The molecule has 3 rings (SSSR count). The second-order valence-corrected chi connectivity index (χ2v) is 7.15. The van der Waals surface area contributed by atoms with Crippen molar-refractivity contribution in [1.82, 2.24) is 15.3 Å². The number of hydrogen-bond donors (Lipinski definition) is 2. The maximum absolute atomic E-state index is 12.1. The number of thiophene rings is 1. The molecule has 0 aliphatic carbocycles. The van der Waals surface area contributed by atoms with Gasteiger partial charge >= 0.3 is 0 Å². The summed E-state index contributed by atoms with van der Waals surface area (Å²) in [6.45, 7) is 4.51.